The Morgan fingerprint density at radius 3 is 2.13 bits per heavy atom. The van der Waals surface area contributed by atoms with Gasteiger partial charge in [-0.3, -0.25) is 0 Å². The van der Waals surface area contributed by atoms with Crippen LogP contribution < -0.4 is 5.46 Å². The van der Waals surface area contributed by atoms with Gasteiger partial charge in [-0.15, -0.1) is 0 Å². The molecule has 0 atom stereocenters. The standard InChI is InChI=1S/C11H16BFO2/c1-7-5-9(12(14)15)8(6-10(7)13)11(2,3)4/h5-6,14-15H,1-4H3. The normalized spacial score (nSPS) is 11.7. The van der Waals surface area contributed by atoms with Crippen molar-refractivity contribution in [2.45, 2.75) is 33.1 Å². The van der Waals surface area contributed by atoms with Gasteiger partial charge >= 0.3 is 7.12 Å². The lowest BCUT2D eigenvalue weighted by molar-refractivity contribution is 0.423. The van der Waals surface area contributed by atoms with Gasteiger partial charge in [0, 0.05) is 0 Å². The molecule has 1 aromatic rings. The Morgan fingerprint density at radius 1 is 1.20 bits per heavy atom. The highest BCUT2D eigenvalue weighted by Crippen LogP contribution is 2.22. The number of rotatable bonds is 1. The van der Waals surface area contributed by atoms with E-state index in [-0.39, 0.29) is 11.2 Å². The maximum absolute atomic E-state index is 13.4. The first kappa shape index (κ1) is 12.2. The van der Waals surface area contributed by atoms with Crippen molar-refractivity contribution in [2.75, 3.05) is 0 Å². The first-order valence-corrected chi connectivity index (χ1v) is 4.90. The van der Waals surface area contributed by atoms with Crippen molar-refractivity contribution in [3.8, 4) is 0 Å². The summed E-state index contributed by atoms with van der Waals surface area (Å²) in [6.45, 7) is 7.32. The Kier molecular flexibility index (Phi) is 3.21. The third-order valence-corrected chi connectivity index (χ3v) is 2.42. The second-order valence-electron chi connectivity index (χ2n) is 4.81. The Morgan fingerprint density at radius 2 is 1.73 bits per heavy atom. The van der Waals surface area contributed by atoms with Crippen LogP contribution in [0.2, 0.25) is 0 Å². The molecule has 0 spiro atoms. The van der Waals surface area contributed by atoms with E-state index in [1.54, 1.807) is 6.92 Å². The maximum atomic E-state index is 13.4. The summed E-state index contributed by atoms with van der Waals surface area (Å²) in [6, 6.07) is 2.87. The van der Waals surface area contributed by atoms with Crippen molar-refractivity contribution in [2.24, 2.45) is 0 Å². The first-order valence-electron chi connectivity index (χ1n) is 4.90. The summed E-state index contributed by atoms with van der Waals surface area (Å²) in [7, 11) is -1.56. The van der Waals surface area contributed by atoms with E-state index in [0.717, 1.165) is 0 Å². The molecule has 0 aromatic heterocycles. The number of aryl methyl sites for hydroxylation is 1. The van der Waals surface area contributed by atoms with Crippen LogP contribution in [0.4, 0.5) is 4.39 Å². The summed E-state index contributed by atoms with van der Waals surface area (Å²) in [5, 5.41) is 18.4. The van der Waals surface area contributed by atoms with E-state index in [4.69, 9.17) is 0 Å². The van der Waals surface area contributed by atoms with E-state index in [2.05, 4.69) is 0 Å². The molecule has 0 bridgehead atoms. The molecule has 0 aliphatic carbocycles. The molecule has 0 aliphatic heterocycles. The van der Waals surface area contributed by atoms with E-state index < -0.39 is 7.12 Å². The Balaban J connectivity index is 3.42. The van der Waals surface area contributed by atoms with E-state index in [1.807, 2.05) is 20.8 Å². The lowest BCUT2D eigenvalue weighted by Crippen LogP contribution is -2.37. The molecule has 0 saturated carbocycles. The van der Waals surface area contributed by atoms with E-state index in [0.29, 0.717) is 16.6 Å². The van der Waals surface area contributed by atoms with Crippen LogP contribution in [0.1, 0.15) is 31.9 Å². The Hall–Kier alpha value is -0.865. The molecule has 2 nitrogen and oxygen atoms in total. The van der Waals surface area contributed by atoms with Crippen LogP contribution in [0.15, 0.2) is 12.1 Å². The molecule has 15 heavy (non-hydrogen) atoms. The molecular weight excluding hydrogens is 194 g/mol. The molecule has 0 fully saturated rings. The highest BCUT2D eigenvalue weighted by Gasteiger charge is 2.25. The zero-order chi connectivity index (χ0) is 11.8. The second-order valence-corrected chi connectivity index (χ2v) is 4.81. The molecule has 0 heterocycles. The second kappa shape index (κ2) is 3.95. The Bertz CT molecular complexity index is 370. The first-order chi connectivity index (χ1) is 6.73. The third kappa shape index (κ3) is 2.58. The van der Waals surface area contributed by atoms with Crippen LogP contribution in [0, 0.1) is 12.7 Å². The molecule has 1 aromatic carbocycles. The van der Waals surface area contributed by atoms with Crippen LogP contribution >= 0.6 is 0 Å². The summed E-state index contributed by atoms with van der Waals surface area (Å²) >= 11 is 0. The largest absolute Gasteiger partial charge is 0.488 e. The van der Waals surface area contributed by atoms with Gasteiger partial charge < -0.3 is 10.0 Å². The van der Waals surface area contributed by atoms with E-state index >= 15 is 0 Å². The molecule has 0 radical (unpaired) electrons. The van der Waals surface area contributed by atoms with Crippen molar-refractivity contribution >= 4 is 12.6 Å². The van der Waals surface area contributed by atoms with Crippen LogP contribution in [-0.4, -0.2) is 17.2 Å². The number of halogens is 1. The minimum atomic E-state index is -1.56. The zero-order valence-corrected chi connectivity index (χ0v) is 9.50. The van der Waals surface area contributed by atoms with Crippen LogP contribution in [0.3, 0.4) is 0 Å². The lowest BCUT2D eigenvalue weighted by atomic mass is 9.69. The van der Waals surface area contributed by atoms with E-state index in [9.17, 15) is 14.4 Å². The van der Waals surface area contributed by atoms with Crippen molar-refractivity contribution in [1.29, 1.82) is 0 Å². The minimum absolute atomic E-state index is 0.312. The third-order valence-electron chi connectivity index (χ3n) is 2.42. The highest BCUT2D eigenvalue weighted by atomic mass is 19.1. The van der Waals surface area contributed by atoms with Crippen molar-refractivity contribution < 1.29 is 14.4 Å². The van der Waals surface area contributed by atoms with Gasteiger partial charge in [0.15, 0.2) is 0 Å². The van der Waals surface area contributed by atoms with Gasteiger partial charge in [-0.1, -0.05) is 26.8 Å². The van der Waals surface area contributed by atoms with Gasteiger partial charge in [-0.25, -0.2) is 4.39 Å². The number of benzene rings is 1. The molecule has 0 aliphatic rings. The van der Waals surface area contributed by atoms with Crippen molar-refractivity contribution in [1.82, 2.24) is 0 Å². The number of hydrogen-bond donors (Lipinski definition) is 2. The SMILES string of the molecule is Cc1cc(B(O)O)c(C(C)(C)C)cc1F. The lowest BCUT2D eigenvalue weighted by Gasteiger charge is -2.23. The average Bonchev–Trinajstić information content (AvgIpc) is 2.06. The quantitative estimate of drug-likeness (QED) is 0.681. The summed E-state index contributed by atoms with van der Waals surface area (Å²) < 4.78 is 13.4. The summed E-state index contributed by atoms with van der Waals surface area (Å²) in [4.78, 5) is 0. The van der Waals surface area contributed by atoms with Gasteiger partial charge in [0.05, 0.1) is 0 Å². The van der Waals surface area contributed by atoms with Crippen LogP contribution in [0.25, 0.3) is 0 Å². The van der Waals surface area contributed by atoms with Crippen molar-refractivity contribution in [3.05, 3.63) is 29.1 Å². The zero-order valence-electron chi connectivity index (χ0n) is 9.50. The summed E-state index contributed by atoms with van der Waals surface area (Å²) in [6.07, 6.45) is 0. The van der Waals surface area contributed by atoms with Crippen molar-refractivity contribution in [3.63, 3.8) is 0 Å². The predicted molar refractivity (Wildman–Crippen MR) is 59.7 cm³/mol. The summed E-state index contributed by atoms with van der Waals surface area (Å²) in [5.74, 6) is -0.315. The van der Waals surface area contributed by atoms with Gasteiger partial charge in [0.2, 0.25) is 0 Å². The minimum Gasteiger partial charge on any atom is -0.423 e. The molecule has 1 rings (SSSR count). The Labute approximate surface area is 89.9 Å². The molecule has 82 valence electrons. The van der Waals surface area contributed by atoms with E-state index in [1.165, 1.54) is 12.1 Å². The number of hydrogen-bond acceptors (Lipinski definition) is 2. The predicted octanol–water partition coefficient (Wildman–Crippen LogP) is 1.11. The fourth-order valence-corrected chi connectivity index (χ4v) is 1.57. The average molecular weight is 210 g/mol. The monoisotopic (exact) mass is 210 g/mol. The fourth-order valence-electron chi connectivity index (χ4n) is 1.57. The molecule has 0 saturated heterocycles. The molecule has 2 N–H and O–H groups in total. The summed E-state index contributed by atoms with van der Waals surface area (Å²) in [5.41, 5.74) is 1.11. The molecular formula is C11H16BFO2. The highest BCUT2D eigenvalue weighted by molar-refractivity contribution is 6.59. The van der Waals surface area contributed by atoms with Gasteiger partial charge in [-0.2, -0.15) is 0 Å². The molecule has 4 heteroatoms. The topological polar surface area (TPSA) is 40.5 Å². The maximum Gasteiger partial charge on any atom is 0.488 e. The van der Waals surface area contributed by atoms with Crippen LogP contribution in [-0.2, 0) is 5.41 Å². The van der Waals surface area contributed by atoms with Gasteiger partial charge in [-0.05, 0) is 35.0 Å². The molecule has 0 amide bonds. The van der Waals surface area contributed by atoms with Gasteiger partial charge in [0.25, 0.3) is 0 Å². The fraction of sp³-hybridized carbons (Fsp3) is 0.455. The smallest absolute Gasteiger partial charge is 0.423 e. The van der Waals surface area contributed by atoms with Gasteiger partial charge in [0.1, 0.15) is 5.82 Å². The molecule has 0 unspecified atom stereocenters. The van der Waals surface area contributed by atoms with Crippen LogP contribution in [0.5, 0.6) is 0 Å².